The van der Waals surface area contributed by atoms with Gasteiger partial charge in [0, 0.05) is 15.7 Å². The third-order valence-corrected chi connectivity index (χ3v) is 5.82. The van der Waals surface area contributed by atoms with E-state index in [4.69, 9.17) is 12.2 Å². The van der Waals surface area contributed by atoms with Gasteiger partial charge in [-0.1, -0.05) is 15.9 Å². The number of carbonyl (C=O) groups is 3. The average Bonchev–Trinajstić information content (AvgIpc) is 3.04. The lowest BCUT2D eigenvalue weighted by Crippen LogP contribution is -2.34. The number of halogens is 1. The normalized spacial score (nSPS) is 14.0. The molecule has 3 rings (SSSR count). The number of aromatic hydroxyl groups is 1. The quantitative estimate of drug-likeness (QED) is 0.533. The van der Waals surface area contributed by atoms with Crippen LogP contribution < -0.4 is 20.8 Å². The van der Waals surface area contributed by atoms with Crippen molar-refractivity contribution < 1.29 is 29.7 Å². The van der Waals surface area contributed by atoms with Gasteiger partial charge in [-0.3, -0.25) is 9.36 Å². The van der Waals surface area contributed by atoms with Crippen molar-refractivity contribution in [3.8, 4) is 5.88 Å². The molecule has 0 saturated carbocycles. The highest BCUT2D eigenvalue weighted by Crippen LogP contribution is 2.36. The number of carbonyl (C=O) groups excluding carboxylic acids is 3. The first-order valence-electron chi connectivity index (χ1n) is 7.49. The number of rotatable bonds is 6. The van der Waals surface area contributed by atoms with Gasteiger partial charge in [-0.2, -0.15) is 0 Å². The van der Waals surface area contributed by atoms with E-state index in [-0.39, 0.29) is 14.4 Å². The molecule has 1 aliphatic rings. The van der Waals surface area contributed by atoms with Crippen LogP contribution in [0.5, 0.6) is 5.88 Å². The molecule has 0 unspecified atom stereocenters. The van der Waals surface area contributed by atoms with Crippen LogP contribution in [0.4, 0.5) is 0 Å². The smallest absolute Gasteiger partial charge is 0.279 e. The topological polar surface area (TPSA) is 135 Å². The lowest BCUT2D eigenvalue weighted by molar-refractivity contribution is -0.312. The van der Waals surface area contributed by atoms with Crippen molar-refractivity contribution in [2.45, 2.75) is 18.9 Å². The number of aliphatic carboxylic acids is 2. The van der Waals surface area contributed by atoms with Crippen molar-refractivity contribution in [2.24, 2.45) is 4.99 Å². The minimum Gasteiger partial charge on any atom is -0.550 e. The molecule has 27 heavy (non-hydrogen) atoms. The van der Waals surface area contributed by atoms with Crippen LogP contribution >= 0.6 is 39.5 Å². The first-order valence-corrected chi connectivity index (χ1v) is 9.50. The summed E-state index contributed by atoms with van der Waals surface area (Å²) in [6.07, 6.45) is -0.954. The molecule has 2 aromatic rings. The Morgan fingerprint density at radius 3 is 2.70 bits per heavy atom. The van der Waals surface area contributed by atoms with E-state index in [1.807, 2.05) is 0 Å². The molecule has 1 amide bonds. The van der Waals surface area contributed by atoms with E-state index in [2.05, 4.69) is 20.9 Å². The van der Waals surface area contributed by atoms with Gasteiger partial charge in [0.15, 0.2) is 3.95 Å². The molecule has 0 radical (unpaired) electrons. The van der Waals surface area contributed by atoms with E-state index in [1.54, 1.807) is 18.2 Å². The molecule has 1 aromatic heterocycles. The van der Waals surface area contributed by atoms with Crippen molar-refractivity contribution in [2.75, 3.05) is 0 Å². The van der Waals surface area contributed by atoms with Crippen LogP contribution in [0.3, 0.4) is 0 Å². The molecule has 2 heterocycles. The fourth-order valence-electron chi connectivity index (χ4n) is 2.73. The van der Waals surface area contributed by atoms with Crippen LogP contribution in [0.1, 0.15) is 23.8 Å². The molecule has 0 fully saturated rings. The Labute approximate surface area is 168 Å². The predicted molar refractivity (Wildman–Crippen MR) is 95.5 cm³/mol. The summed E-state index contributed by atoms with van der Waals surface area (Å²) in [5.74, 6) is -4.20. The SMILES string of the molecule is O=C([O-])CC[C@H](C(=O)[O-])n1c(O)c(C2=c3cc(Br)ccc3=NC2=O)sc1=S. The zero-order valence-corrected chi connectivity index (χ0v) is 16.5. The molecule has 140 valence electrons. The van der Waals surface area contributed by atoms with Gasteiger partial charge in [0.05, 0.1) is 22.9 Å². The van der Waals surface area contributed by atoms with Crippen LogP contribution in [0.2, 0.25) is 0 Å². The van der Waals surface area contributed by atoms with Crippen molar-refractivity contribution in [1.29, 1.82) is 0 Å². The van der Waals surface area contributed by atoms with E-state index in [0.717, 1.165) is 15.9 Å². The molecule has 0 spiro atoms. The summed E-state index contributed by atoms with van der Waals surface area (Å²) < 4.78 is 1.52. The van der Waals surface area contributed by atoms with Gasteiger partial charge in [-0.25, -0.2) is 4.99 Å². The van der Waals surface area contributed by atoms with Crippen LogP contribution in [0, 0.1) is 3.95 Å². The fourth-order valence-corrected chi connectivity index (χ4v) is 4.53. The Kier molecular flexibility index (Phi) is 5.27. The van der Waals surface area contributed by atoms with Gasteiger partial charge in [-0.05, 0) is 43.3 Å². The highest BCUT2D eigenvalue weighted by Gasteiger charge is 2.28. The average molecular weight is 469 g/mol. The van der Waals surface area contributed by atoms with Crippen LogP contribution in [-0.2, 0) is 14.4 Å². The number of thiazole rings is 1. The fraction of sp³-hybridized carbons (Fsp3) is 0.188. The first kappa shape index (κ1) is 19.4. The van der Waals surface area contributed by atoms with E-state index >= 15 is 0 Å². The summed E-state index contributed by atoms with van der Waals surface area (Å²) in [5.41, 5.74) is 0.0932. The lowest BCUT2D eigenvalue weighted by atomic mass is 10.1. The molecule has 8 nitrogen and oxygen atoms in total. The maximum absolute atomic E-state index is 12.4. The zero-order chi connectivity index (χ0) is 19.9. The van der Waals surface area contributed by atoms with Crippen molar-refractivity contribution in [3.05, 3.63) is 42.1 Å². The first-order chi connectivity index (χ1) is 12.7. The summed E-state index contributed by atoms with van der Waals surface area (Å²) in [7, 11) is 0. The minimum atomic E-state index is -1.61. The number of hydrogen-bond acceptors (Lipinski definition) is 8. The Morgan fingerprint density at radius 1 is 1.37 bits per heavy atom. The number of nitrogens with zero attached hydrogens (tertiary/aromatic N) is 2. The number of fused-ring (bicyclic) bond motifs is 1. The Morgan fingerprint density at radius 2 is 2.07 bits per heavy atom. The maximum Gasteiger partial charge on any atom is 0.279 e. The summed E-state index contributed by atoms with van der Waals surface area (Å²) >= 11 is 9.27. The molecule has 0 bridgehead atoms. The molecule has 0 aliphatic carbocycles. The monoisotopic (exact) mass is 468 g/mol. The van der Waals surface area contributed by atoms with Crippen molar-refractivity contribution >= 4 is 62.9 Å². The molecular weight excluding hydrogens is 460 g/mol. The summed E-state index contributed by atoms with van der Waals surface area (Å²) in [5, 5.41) is 33.6. The summed E-state index contributed by atoms with van der Waals surface area (Å²) in [6, 6.07) is 3.47. The second-order valence-electron chi connectivity index (χ2n) is 5.59. The van der Waals surface area contributed by atoms with Gasteiger partial charge in [0.2, 0.25) is 5.88 Å². The van der Waals surface area contributed by atoms with E-state index < -0.39 is 42.6 Å². The number of amides is 1. The highest BCUT2D eigenvalue weighted by atomic mass is 79.9. The van der Waals surface area contributed by atoms with E-state index in [9.17, 15) is 29.7 Å². The van der Waals surface area contributed by atoms with Gasteiger partial charge >= 0.3 is 0 Å². The van der Waals surface area contributed by atoms with Crippen LogP contribution in [0.15, 0.2) is 27.7 Å². The standard InChI is InChI=1S/C16H11BrN2O6S2/c17-6-1-2-8-7(5-6)11(13(22)18-8)12-14(23)19(16(26)27-12)9(15(24)25)3-4-10(20)21/h1-2,5,9,23H,3-4H2,(H,20,21)(H,24,25)/p-2/t9-/m1/s1. The molecule has 0 saturated heterocycles. The minimum absolute atomic E-state index is 0.0428. The summed E-state index contributed by atoms with van der Waals surface area (Å²) in [6.45, 7) is 0. The molecule has 1 aliphatic heterocycles. The maximum atomic E-state index is 12.4. The second kappa shape index (κ2) is 7.33. The van der Waals surface area contributed by atoms with Crippen molar-refractivity contribution in [3.63, 3.8) is 0 Å². The molecule has 11 heteroatoms. The Bertz CT molecular complexity index is 1170. The molecule has 1 N–H and O–H groups in total. The molecule has 1 aromatic carbocycles. The number of carboxylic acids is 2. The number of carboxylic acid groups (broad SMARTS) is 2. The molecule has 1 atom stereocenters. The molecular formula is C16H9BrN2O6S2-2. The van der Waals surface area contributed by atoms with Crippen LogP contribution in [-0.4, -0.2) is 27.5 Å². The van der Waals surface area contributed by atoms with Gasteiger partial charge < -0.3 is 24.9 Å². The van der Waals surface area contributed by atoms with Gasteiger partial charge in [0.1, 0.15) is 4.88 Å². The highest BCUT2D eigenvalue weighted by molar-refractivity contribution is 9.10. The van der Waals surface area contributed by atoms with E-state index in [1.165, 1.54) is 0 Å². The zero-order valence-electron chi connectivity index (χ0n) is 13.3. The summed E-state index contributed by atoms with van der Waals surface area (Å²) in [4.78, 5) is 38.5. The number of hydrogen-bond donors (Lipinski definition) is 1. The van der Waals surface area contributed by atoms with Gasteiger partial charge in [0.25, 0.3) is 5.91 Å². The third-order valence-electron chi connectivity index (χ3n) is 3.91. The largest absolute Gasteiger partial charge is 0.550 e. The van der Waals surface area contributed by atoms with E-state index in [0.29, 0.717) is 15.0 Å². The Hall–Kier alpha value is -2.37. The Balaban J connectivity index is 2.20. The lowest BCUT2D eigenvalue weighted by Gasteiger charge is -2.20. The third kappa shape index (κ3) is 3.57. The number of benzene rings is 1. The second-order valence-corrected chi connectivity index (χ2v) is 8.15. The van der Waals surface area contributed by atoms with Crippen LogP contribution in [0.25, 0.3) is 5.57 Å². The van der Waals surface area contributed by atoms with Crippen molar-refractivity contribution in [1.82, 2.24) is 4.57 Å². The number of aromatic nitrogens is 1. The predicted octanol–water partition coefficient (Wildman–Crippen LogP) is -1.07. The van der Waals surface area contributed by atoms with Gasteiger partial charge in [-0.15, -0.1) is 11.3 Å².